The van der Waals surface area contributed by atoms with Gasteiger partial charge >= 0.3 is 0 Å². The smallest absolute Gasteiger partial charge is 0.121 e. The van der Waals surface area contributed by atoms with E-state index < -0.39 is 0 Å². The Kier molecular flexibility index (Phi) is 8.09. The molecule has 0 unspecified atom stereocenters. The molecule has 2 rings (SSSR count). The Labute approximate surface area is 157 Å². The Balaban J connectivity index is 2.20. The van der Waals surface area contributed by atoms with Gasteiger partial charge in [-0.25, -0.2) is 4.99 Å². The van der Waals surface area contributed by atoms with E-state index in [1.807, 2.05) is 32.5 Å². The third-order valence-corrected chi connectivity index (χ3v) is 4.77. The Morgan fingerprint density at radius 1 is 1.31 bits per heavy atom. The molecular weight excluding hydrogens is 322 g/mol. The largest absolute Gasteiger partial charge is 0.390 e. The van der Waals surface area contributed by atoms with Gasteiger partial charge in [0.1, 0.15) is 5.82 Å². The average Bonchev–Trinajstić information content (AvgIpc) is 2.71. The molecule has 2 aliphatic heterocycles. The zero-order valence-corrected chi connectivity index (χ0v) is 16.0. The number of hydrogen-bond acceptors (Lipinski definition) is 5. The molecule has 0 amide bonds. The van der Waals surface area contributed by atoms with Gasteiger partial charge < -0.3 is 16.0 Å². The van der Waals surface area contributed by atoms with Crippen molar-refractivity contribution in [3.05, 3.63) is 59.1 Å². The van der Waals surface area contributed by atoms with Crippen molar-refractivity contribution in [2.24, 2.45) is 4.99 Å². The van der Waals surface area contributed by atoms with E-state index in [1.165, 1.54) is 25.5 Å². The number of allylic oxidation sites excluding steroid dienone is 7. The van der Waals surface area contributed by atoms with Crippen molar-refractivity contribution in [3.8, 4) is 0 Å². The van der Waals surface area contributed by atoms with Crippen LogP contribution in [0.3, 0.4) is 0 Å². The Morgan fingerprint density at radius 3 is 2.62 bits per heavy atom. The summed E-state index contributed by atoms with van der Waals surface area (Å²) in [6.45, 7) is 7.05. The van der Waals surface area contributed by atoms with E-state index >= 15 is 0 Å². The highest BCUT2D eigenvalue weighted by molar-refractivity contribution is 5.86. The molecular formula is C21H31N5. The summed E-state index contributed by atoms with van der Waals surface area (Å²) in [5.41, 5.74) is 4.05. The second-order valence-electron chi connectivity index (χ2n) is 6.49. The first-order valence-electron chi connectivity index (χ1n) is 9.31. The van der Waals surface area contributed by atoms with E-state index in [1.54, 1.807) is 0 Å². The minimum atomic E-state index is 0.844. The van der Waals surface area contributed by atoms with Crippen molar-refractivity contribution >= 4 is 12.4 Å². The van der Waals surface area contributed by atoms with Gasteiger partial charge in [0.05, 0.1) is 0 Å². The fourth-order valence-electron chi connectivity index (χ4n) is 3.20. The van der Waals surface area contributed by atoms with Crippen molar-refractivity contribution in [3.63, 3.8) is 0 Å². The standard InChI is InChI=1S/C21H31N5/c1-4-18(10-8-17-9-11-21(24-3)25-15-17)19(14-22)20(23-2)16-26-12-6-5-7-13-26/h4,8,10-11,14-15,22-24H,1,5-7,9,12-13,16H2,2-3H3/b17-8+,18-10+,20-19+,22-14?. The van der Waals surface area contributed by atoms with Crippen LogP contribution >= 0.6 is 0 Å². The molecule has 5 nitrogen and oxygen atoms in total. The lowest BCUT2D eigenvalue weighted by atomic mass is 10.0. The minimum Gasteiger partial charge on any atom is -0.390 e. The number of hydrogen-bond donors (Lipinski definition) is 3. The highest BCUT2D eigenvalue weighted by Crippen LogP contribution is 2.18. The quantitative estimate of drug-likeness (QED) is 0.464. The molecule has 140 valence electrons. The molecule has 1 saturated heterocycles. The van der Waals surface area contributed by atoms with Gasteiger partial charge in [0.15, 0.2) is 0 Å². The summed E-state index contributed by atoms with van der Waals surface area (Å²) in [5.74, 6) is 0.897. The van der Waals surface area contributed by atoms with Gasteiger partial charge in [-0.1, -0.05) is 31.2 Å². The summed E-state index contributed by atoms with van der Waals surface area (Å²) in [7, 11) is 3.80. The molecule has 0 aromatic heterocycles. The van der Waals surface area contributed by atoms with E-state index in [-0.39, 0.29) is 0 Å². The predicted octanol–water partition coefficient (Wildman–Crippen LogP) is 3.17. The molecule has 0 atom stereocenters. The maximum Gasteiger partial charge on any atom is 0.121 e. The van der Waals surface area contributed by atoms with E-state index in [9.17, 15) is 0 Å². The van der Waals surface area contributed by atoms with E-state index in [0.717, 1.165) is 54.3 Å². The number of piperidine rings is 1. The monoisotopic (exact) mass is 353 g/mol. The Morgan fingerprint density at radius 2 is 2.08 bits per heavy atom. The van der Waals surface area contributed by atoms with Gasteiger partial charge in [-0.2, -0.15) is 0 Å². The molecule has 0 radical (unpaired) electrons. The number of nitrogens with one attached hydrogen (secondary N) is 3. The fraction of sp³-hybridized carbons (Fsp3) is 0.429. The number of aliphatic imine (C=N–C) groups is 1. The van der Waals surface area contributed by atoms with Crippen LogP contribution in [0.2, 0.25) is 0 Å². The molecule has 0 aliphatic carbocycles. The molecule has 0 spiro atoms. The molecule has 2 heterocycles. The molecule has 0 saturated carbocycles. The van der Waals surface area contributed by atoms with Crippen molar-refractivity contribution in [1.29, 1.82) is 5.41 Å². The van der Waals surface area contributed by atoms with Crippen LogP contribution in [0.1, 0.15) is 25.7 Å². The molecule has 0 bridgehead atoms. The van der Waals surface area contributed by atoms with Crippen LogP contribution in [-0.2, 0) is 0 Å². The summed E-state index contributed by atoms with van der Waals surface area (Å²) < 4.78 is 0. The van der Waals surface area contributed by atoms with Gasteiger partial charge in [-0.15, -0.1) is 0 Å². The van der Waals surface area contributed by atoms with Crippen molar-refractivity contribution in [1.82, 2.24) is 15.5 Å². The lowest BCUT2D eigenvalue weighted by molar-refractivity contribution is 0.243. The molecule has 1 fully saturated rings. The van der Waals surface area contributed by atoms with Crippen LogP contribution in [0.4, 0.5) is 0 Å². The van der Waals surface area contributed by atoms with Crippen LogP contribution < -0.4 is 10.6 Å². The first-order chi connectivity index (χ1) is 12.7. The van der Waals surface area contributed by atoms with Crippen LogP contribution in [-0.4, -0.2) is 51.1 Å². The SMILES string of the molecule is C=CC(=C\C=C1\C=NC(NC)=CC1)/C(C=N)=C(\CN1CCCCC1)NC. The number of likely N-dealkylation sites (N-methyl/N-ethyl adjacent to an activating group) is 1. The Bertz CT molecular complexity index is 658. The van der Waals surface area contributed by atoms with Gasteiger partial charge in [0, 0.05) is 44.3 Å². The minimum absolute atomic E-state index is 0.844. The van der Waals surface area contributed by atoms with Crippen LogP contribution in [0.5, 0.6) is 0 Å². The lowest BCUT2D eigenvalue weighted by Crippen LogP contribution is -2.34. The summed E-state index contributed by atoms with van der Waals surface area (Å²) in [6, 6.07) is 0. The fourth-order valence-corrected chi connectivity index (χ4v) is 3.20. The van der Waals surface area contributed by atoms with Crippen LogP contribution in [0, 0.1) is 5.41 Å². The van der Waals surface area contributed by atoms with Gasteiger partial charge in [-0.3, -0.25) is 4.90 Å². The molecule has 3 N–H and O–H groups in total. The number of nitrogens with zero attached hydrogens (tertiary/aromatic N) is 2. The lowest BCUT2D eigenvalue weighted by Gasteiger charge is -2.28. The molecule has 0 aromatic carbocycles. The van der Waals surface area contributed by atoms with Crippen molar-refractivity contribution in [2.75, 3.05) is 33.7 Å². The van der Waals surface area contributed by atoms with Gasteiger partial charge in [0.25, 0.3) is 0 Å². The zero-order valence-electron chi connectivity index (χ0n) is 16.0. The number of rotatable bonds is 8. The second kappa shape index (κ2) is 10.6. The maximum atomic E-state index is 7.92. The first-order valence-corrected chi connectivity index (χ1v) is 9.31. The van der Waals surface area contributed by atoms with Gasteiger partial charge in [0.2, 0.25) is 0 Å². The summed E-state index contributed by atoms with van der Waals surface area (Å²) in [5, 5.41) is 14.3. The topological polar surface area (TPSA) is 63.5 Å². The van der Waals surface area contributed by atoms with E-state index in [2.05, 4.69) is 39.3 Å². The molecule has 2 aliphatic rings. The summed E-state index contributed by atoms with van der Waals surface area (Å²) in [6.07, 6.45) is 16.0. The average molecular weight is 354 g/mol. The van der Waals surface area contributed by atoms with E-state index in [4.69, 9.17) is 5.41 Å². The third-order valence-electron chi connectivity index (χ3n) is 4.77. The zero-order chi connectivity index (χ0) is 18.8. The van der Waals surface area contributed by atoms with E-state index in [0.29, 0.717) is 0 Å². The normalized spacial score (nSPS) is 21.1. The molecule has 0 aromatic rings. The highest BCUT2D eigenvalue weighted by Gasteiger charge is 2.14. The maximum absolute atomic E-state index is 7.92. The summed E-state index contributed by atoms with van der Waals surface area (Å²) >= 11 is 0. The Hall–Kier alpha value is -2.40. The third kappa shape index (κ3) is 5.56. The van der Waals surface area contributed by atoms with Crippen LogP contribution in [0.15, 0.2) is 64.1 Å². The highest BCUT2D eigenvalue weighted by atomic mass is 15.1. The second-order valence-corrected chi connectivity index (χ2v) is 6.49. The summed E-state index contributed by atoms with van der Waals surface area (Å²) in [4.78, 5) is 6.81. The molecule has 5 heteroatoms. The van der Waals surface area contributed by atoms with Gasteiger partial charge in [-0.05, 0) is 49.6 Å². The first kappa shape index (κ1) is 19.9. The number of likely N-dealkylation sites (tertiary alicyclic amines) is 1. The van der Waals surface area contributed by atoms with Crippen molar-refractivity contribution in [2.45, 2.75) is 25.7 Å². The molecule has 26 heavy (non-hydrogen) atoms. The van der Waals surface area contributed by atoms with Crippen molar-refractivity contribution < 1.29 is 0 Å². The predicted molar refractivity (Wildman–Crippen MR) is 112 cm³/mol. The van der Waals surface area contributed by atoms with Crippen LogP contribution in [0.25, 0.3) is 0 Å².